The first kappa shape index (κ1) is 16.8. The van der Waals surface area contributed by atoms with E-state index >= 15 is 0 Å². The number of rotatable bonds is 5. The summed E-state index contributed by atoms with van der Waals surface area (Å²) in [6, 6.07) is 1.51. The number of nitrogens with one attached hydrogen (secondary N) is 1. The van der Waals surface area contributed by atoms with Crippen LogP contribution in [0, 0.1) is 5.41 Å². The molecule has 0 saturated heterocycles. The average Bonchev–Trinajstić information content (AvgIpc) is 2.75. The summed E-state index contributed by atoms with van der Waals surface area (Å²) in [7, 11) is 1.68. The van der Waals surface area contributed by atoms with Crippen molar-refractivity contribution in [2.24, 2.45) is 12.5 Å². The third-order valence-corrected chi connectivity index (χ3v) is 4.87. The predicted octanol–water partition coefficient (Wildman–Crippen LogP) is 2.07. The highest BCUT2D eigenvalue weighted by atomic mass is 35.5. The third-order valence-electron chi connectivity index (χ3n) is 4.66. The average molecular weight is 329 g/mol. The second-order valence-corrected chi connectivity index (χ2v) is 6.63. The van der Waals surface area contributed by atoms with Crippen molar-refractivity contribution in [3.63, 3.8) is 0 Å². The highest BCUT2D eigenvalue weighted by Crippen LogP contribution is 2.51. The van der Waals surface area contributed by atoms with Gasteiger partial charge in [-0.2, -0.15) is 0 Å². The lowest BCUT2D eigenvalue weighted by molar-refractivity contribution is -0.190. The molecule has 0 radical (unpaired) electrons. The van der Waals surface area contributed by atoms with Crippen molar-refractivity contribution in [2.75, 3.05) is 6.61 Å². The van der Waals surface area contributed by atoms with Gasteiger partial charge in [-0.3, -0.25) is 4.79 Å². The zero-order valence-corrected chi connectivity index (χ0v) is 13.9. The summed E-state index contributed by atoms with van der Waals surface area (Å²) < 4.78 is 7.14. The number of aliphatic carboxylic acids is 1. The summed E-state index contributed by atoms with van der Waals surface area (Å²) in [6.07, 6.45) is 1.64. The van der Waals surface area contributed by atoms with Crippen molar-refractivity contribution in [1.29, 1.82) is 0 Å². The monoisotopic (exact) mass is 328 g/mol. The molecule has 22 heavy (non-hydrogen) atoms. The lowest BCUT2D eigenvalue weighted by atomic mass is 9.54. The molecule has 0 aliphatic heterocycles. The van der Waals surface area contributed by atoms with E-state index in [9.17, 15) is 14.7 Å². The number of amides is 1. The number of carbonyl (C=O) groups is 2. The maximum Gasteiger partial charge on any atom is 0.330 e. The van der Waals surface area contributed by atoms with Crippen LogP contribution in [0.1, 0.15) is 37.7 Å². The number of halogens is 1. The first-order valence-electron chi connectivity index (χ1n) is 7.15. The summed E-state index contributed by atoms with van der Waals surface area (Å²) in [4.78, 5) is 24.3. The van der Waals surface area contributed by atoms with E-state index in [2.05, 4.69) is 5.32 Å². The summed E-state index contributed by atoms with van der Waals surface area (Å²) in [5.74, 6) is -1.51. The number of hydrogen-bond donors (Lipinski definition) is 2. The van der Waals surface area contributed by atoms with Crippen LogP contribution >= 0.6 is 11.6 Å². The molecular formula is C15H21ClN2O4. The second-order valence-electron chi connectivity index (χ2n) is 6.19. The lowest BCUT2D eigenvalue weighted by Crippen LogP contribution is -2.76. The van der Waals surface area contributed by atoms with E-state index in [1.807, 2.05) is 6.92 Å². The number of nitrogens with zero attached hydrogens (tertiary/aromatic N) is 1. The largest absolute Gasteiger partial charge is 0.479 e. The molecule has 2 N–H and O–H groups in total. The van der Waals surface area contributed by atoms with E-state index in [0.717, 1.165) is 0 Å². The fourth-order valence-electron chi connectivity index (χ4n) is 3.04. The fraction of sp³-hybridized carbons (Fsp3) is 0.600. The van der Waals surface area contributed by atoms with Crippen LogP contribution in [0.2, 0.25) is 5.02 Å². The van der Waals surface area contributed by atoms with Gasteiger partial charge in [-0.25, -0.2) is 4.79 Å². The van der Waals surface area contributed by atoms with Crippen molar-refractivity contribution < 1.29 is 19.4 Å². The molecule has 2 rings (SSSR count). The van der Waals surface area contributed by atoms with Gasteiger partial charge >= 0.3 is 5.97 Å². The quantitative estimate of drug-likeness (QED) is 0.867. The van der Waals surface area contributed by atoms with Crippen LogP contribution in [0.4, 0.5) is 0 Å². The molecule has 1 fully saturated rings. The molecule has 0 spiro atoms. The zero-order chi connectivity index (χ0) is 16.7. The molecule has 6 nitrogen and oxygen atoms in total. The Kier molecular flexibility index (Phi) is 4.28. The van der Waals surface area contributed by atoms with Gasteiger partial charge < -0.3 is 19.7 Å². The van der Waals surface area contributed by atoms with Gasteiger partial charge in [0, 0.05) is 31.7 Å². The first-order valence-corrected chi connectivity index (χ1v) is 7.53. The van der Waals surface area contributed by atoms with Crippen LogP contribution in [-0.4, -0.2) is 39.8 Å². The number of carboxylic acid groups (broad SMARTS) is 1. The van der Waals surface area contributed by atoms with Crippen LogP contribution in [-0.2, 0) is 16.6 Å². The Balaban J connectivity index is 2.26. The summed E-state index contributed by atoms with van der Waals surface area (Å²) in [5.41, 5.74) is -1.73. The van der Waals surface area contributed by atoms with Crippen LogP contribution in [0.3, 0.4) is 0 Å². The summed E-state index contributed by atoms with van der Waals surface area (Å²) in [5, 5.41) is 12.8. The van der Waals surface area contributed by atoms with Gasteiger partial charge in [0.15, 0.2) is 0 Å². The van der Waals surface area contributed by atoms with Crippen LogP contribution in [0.25, 0.3) is 0 Å². The van der Waals surface area contributed by atoms with Crippen LogP contribution in [0.5, 0.6) is 0 Å². The van der Waals surface area contributed by atoms with Crippen molar-refractivity contribution in [3.8, 4) is 0 Å². The number of ether oxygens (including phenoxy) is 1. The van der Waals surface area contributed by atoms with E-state index in [1.54, 1.807) is 31.7 Å². The lowest BCUT2D eigenvalue weighted by Gasteiger charge is -2.58. The molecule has 1 saturated carbocycles. The van der Waals surface area contributed by atoms with E-state index in [-0.39, 0.29) is 12.5 Å². The molecule has 122 valence electrons. The number of aromatic nitrogens is 1. The van der Waals surface area contributed by atoms with Crippen molar-refractivity contribution >= 4 is 23.5 Å². The molecule has 0 unspecified atom stereocenters. The normalized spacial score (nSPS) is 26.3. The third kappa shape index (κ3) is 2.40. The van der Waals surface area contributed by atoms with Gasteiger partial charge in [-0.1, -0.05) is 25.4 Å². The first-order chi connectivity index (χ1) is 10.2. The van der Waals surface area contributed by atoms with Gasteiger partial charge in [0.2, 0.25) is 0 Å². The summed E-state index contributed by atoms with van der Waals surface area (Å²) in [6.45, 7) is 5.96. The van der Waals surface area contributed by atoms with Gasteiger partial charge in [-0.15, -0.1) is 0 Å². The minimum Gasteiger partial charge on any atom is -0.479 e. The number of hydrogen-bond acceptors (Lipinski definition) is 3. The maximum atomic E-state index is 12.4. The Hall–Kier alpha value is -1.53. The molecule has 1 heterocycles. The molecule has 0 aromatic carbocycles. The molecule has 1 aliphatic rings. The zero-order valence-electron chi connectivity index (χ0n) is 13.1. The number of carbonyl (C=O) groups excluding carboxylic acids is 1. The molecule has 0 bridgehead atoms. The van der Waals surface area contributed by atoms with Crippen LogP contribution in [0.15, 0.2) is 12.3 Å². The van der Waals surface area contributed by atoms with Gasteiger partial charge in [0.05, 0.1) is 11.1 Å². The minimum atomic E-state index is -1.35. The molecular weight excluding hydrogens is 308 g/mol. The standard InChI is InChI=1S/C15H21ClN2O4/c1-5-22-11-7-15(13(20)21,14(11,2)3)17-12(19)10-6-9(16)8-18(10)4/h6,8,11H,5,7H2,1-4H3,(H,17,19)(H,20,21)/t11-,15+/m0/s1. The van der Waals surface area contributed by atoms with Gasteiger partial charge in [-0.05, 0) is 13.0 Å². The Morgan fingerprint density at radius 1 is 1.55 bits per heavy atom. The van der Waals surface area contributed by atoms with Gasteiger partial charge in [0.1, 0.15) is 11.2 Å². The molecule has 1 aromatic rings. The van der Waals surface area contributed by atoms with Crippen LogP contribution < -0.4 is 5.32 Å². The maximum absolute atomic E-state index is 12.4. The molecule has 1 aromatic heterocycles. The number of aryl methyl sites for hydroxylation is 1. The minimum absolute atomic E-state index is 0.203. The second kappa shape index (κ2) is 5.59. The molecule has 2 atom stereocenters. The van der Waals surface area contributed by atoms with E-state index in [4.69, 9.17) is 16.3 Å². The van der Waals surface area contributed by atoms with E-state index in [1.165, 1.54) is 6.07 Å². The van der Waals surface area contributed by atoms with Crippen molar-refractivity contribution in [2.45, 2.75) is 38.8 Å². The van der Waals surface area contributed by atoms with Crippen molar-refractivity contribution in [3.05, 3.63) is 23.0 Å². The molecule has 7 heteroatoms. The van der Waals surface area contributed by atoms with Gasteiger partial charge in [0.25, 0.3) is 5.91 Å². The Bertz CT molecular complexity index is 611. The molecule has 1 aliphatic carbocycles. The highest BCUT2D eigenvalue weighted by molar-refractivity contribution is 6.31. The predicted molar refractivity (Wildman–Crippen MR) is 82.1 cm³/mol. The molecule has 1 amide bonds. The smallest absolute Gasteiger partial charge is 0.330 e. The Morgan fingerprint density at radius 3 is 2.59 bits per heavy atom. The highest BCUT2D eigenvalue weighted by Gasteiger charge is 2.66. The number of carboxylic acids is 1. The van der Waals surface area contributed by atoms with Crippen molar-refractivity contribution in [1.82, 2.24) is 9.88 Å². The topological polar surface area (TPSA) is 80.6 Å². The fourth-order valence-corrected chi connectivity index (χ4v) is 3.29. The Morgan fingerprint density at radius 2 is 2.18 bits per heavy atom. The van der Waals surface area contributed by atoms with E-state index in [0.29, 0.717) is 17.3 Å². The Labute approximate surface area is 134 Å². The summed E-state index contributed by atoms with van der Waals surface area (Å²) >= 11 is 5.87. The van der Waals surface area contributed by atoms with E-state index < -0.39 is 22.8 Å². The SMILES string of the molecule is CCO[C@H]1C[C@@](NC(=O)c2cc(Cl)cn2C)(C(=O)O)C1(C)C.